The summed E-state index contributed by atoms with van der Waals surface area (Å²) >= 11 is 0. The highest BCUT2D eigenvalue weighted by atomic mass is 16.6. The standard InChI is InChI=1S/C29H42N4O7/c1-29(2,3)40-28(36)32-24(15-10-16-31-26(34)38-18-22-11-6-4-7-12-22)20-37-21-25(17-30)33-27(35)39-19-23-13-8-5-9-14-23/h4-9,11-14,24-25H,10,15-21,30H2,1-3H3,(H,31,34)(H,32,36)(H,33,35)/t24-,25+/m0/s1. The molecule has 2 rings (SSSR count). The molecule has 0 aromatic heterocycles. The summed E-state index contributed by atoms with van der Waals surface area (Å²) in [6.07, 6.45) is -0.647. The van der Waals surface area contributed by atoms with E-state index in [1.807, 2.05) is 60.7 Å². The molecule has 0 fully saturated rings. The molecule has 2 aromatic carbocycles. The second-order valence-electron chi connectivity index (χ2n) is 10.2. The fraction of sp³-hybridized carbons (Fsp3) is 0.483. The van der Waals surface area contributed by atoms with Gasteiger partial charge in [0.25, 0.3) is 0 Å². The Morgan fingerprint density at radius 1 is 0.775 bits per heavy atom. The van der Waals surface area contributed by atoms with Crippen LogP contribution in [-0.4, -0.2) is 62.3 Å². The smallest absolute Gasteiger partial charge is 0.407 e. The average Bonchev–Trinajstić information content (AvgIpc) is 2.92. The largest absolute Gasteiger partial charge is 0.445 e. The molecule has 2 atom stereocenters. The van der Waals surface area contributed by atoms with E-state index in [9.17, 15) is 14.4 Å². The van der Waals surface area contributed by atoms with Gasteiger partial charge in [-0.15, -0.1) is 0 Å². The summed E-state index contributed by atoms with van der Waals surface area (Å²) in [6, 6.07) is 17.8. The molecule has 220 valence electrons. The zero-order chi connectivity index (χ0) is 29.2. The Morgan fingerprint density at radius 3 is 1.85 bits per heavy atom. The van der Waals surface area contributed by atoms with Crippen molar-refractivity contribution < 1.29 is 33.3 Å². The van der Waals surface area contributed by atoms with Crippen LogP contribution in [-0.2, 0) is 32.2 Å². The summed E-state index contributed by atoms with van der Waals surface area (Å²) in [5.41, 5.74) is 6.90. The van der Waals surface area contributed by atoms with Crippen molar-refractivity contribution in [3.8, 4) is 0 Å². The molecule has 11 heteroatoms. The minimum absolute atomic E-state index is 0.119. The summed E-state index contributed by atoms with van der Waals surface area (Å²) < 4.78 is 21.6. The van der Waals surface area contributed by atoms with Crippen molar-refractivity contribution in [2.45, 2.75) is 64.5 Å². The van der Waals surface area contributed by atoms with E-state index in [4.69, 9.17) is 24.7 Å². The van der Waals surface area contributed by atoms with Crippen LogP contribution in [0.1, 0.15) is 44.7 Å². The predicted molar refractivity (Wildman–Crippen MR) is 150 cm³/mol. The fourth-order valence-corrected chi connectivity index (χ4v) is 3.44. The van der Waals surface area contributed by atoms with E-state index in [0.717, 1.165) is 11.1 Å². The van der Waals surface area contributed by atoms with Crippen LogP contribution >= 0.6 is 0 Å². The average molecular weight is 559 g/mol. The first-order valence-electron chi connectivity index (χ1n) is 13.3. The lowest BCUT2D eigenvalue weighted by Gasteiger charge is -2.24. The molecule has 0 bridgehead atoms. The molecular formula is C29H42N4O7. The van der Waals surface area contributed by atoms with Crippen molar-refractivity contribution in [1.29, 1.82) is 0 Å². The molecule has 0 aliphatic carbocycles. The maximum atomic E-state index is 12.3. The van der Waals surface area contributed by atoms with Crippen molar-refractivity contribution in [3.63, 3.8) is 0 Å². The van der Waals surface area contributed by atoms with Crippen LogP contribution in [0.2, 0.25) is 0 Å². The van der Waals surface area contributed by atoms with E-state index in [1.54, 1.807) is 20.8 Å². The maximum Gasteiger partial charge on any atom is 0.407 e. The lowest BCUT2D eigenvalue weighted by atomic mass is 10.1. The van der Waals surface area contributed by atoms with Gasteiger partial charge in [-0.3, -0.25) is 0 Å². The third-order valence-electron chi connectivity index (χ3n) is 5.39. The summed E-state index contributed by atoms with van der Waals surface area (Å²) in [5.74, 6) is 0. The van der Waals surface area contributed by atoms with E-state index in [-0.39, 0.29) is 33.0 Å². The van der Waals surface area contributed by atoms with Gasteiger partial charge in [0, 0.05) is 13.1 Å². The van der Waals surface area contributed by atoms with Gasteiger partial charge in [0.1, 0.15) is 18.8 Å². The van der Waals surface area contributed by atoms with Gasteiger partial charge in [0.15, 0.2) is 0 Å². The van der Waals surface area contributed by atoms with Crippen LogP contribution in [0.3, 0.4) is 0 Å². The third-order valence-corrected chi connectivity index (χ3v) is 5.39. The normalized spacial score (nSPS) is 12.5. The maximum absolute atomic E-state index is 12.3. The number of nitrogens with one attached hydrogen (secondary N) is 3. The third kappa shape index (κ3) is 14.9. The second kappa shape index (κ2) is 17.7. The molecule has 0 unspecified atom stereocenters. The highest BCUT2D eigenvalue weighted by Gasteiger charge is 2.20. The van der Waals surface area contributed by atoms with Gasteiger partial charge in [-0.2, -0.15) is 0 Å². The summed E-state index contributed by atoms with van der Waals surface area (Å²) in [5, 5.41) is 8.20. The van der Waals surface area contributed by atoms with E-state index in [2.05, 4.69) is 16.0 Å². The highest BCUT2D eigenvalue weighted by molar-refractivity contribution is 5.68. The predicted octanol–water partition coefficient (Wildman–Crippen LogP) is 3.86. The van der Waals surface area contributed by atoms with Crippen molar-refractivity contribution >= 4 is 18.3 Å². The molecule has 5 N–H and O–H groups in total. The van der Waals surface area contributed by atoms with Gasteiger partial charge in [-0.25, -0.2) is 14.4 Å². The van der Waals surface area contributed by atoms with Gasteiger partial charge >= 0.3 is 18.3 Å². The van der Waals surface area contributed by atoms with Crippen LogP contribution in [0.4, 0.5) is 14.4 Å². The number of carbonyl (C=O) groups excluding carboxylic acids is 3. The molecule has 3 amide bonds. The molecule has 40 heavy (non-hydrogen) atoms. The van der Waals surface area contributed by atoms with Crippen LogP contribution in [0.15, 0.2) is 60.7 Å². The topological polar surface area (TPSA) is 150 Å². The van der Waals surface area contributed by atoms with Crippen LogP contribution in [0, 0.1) is 0 Å². The molecule has 11 nitrogen and oxygen atoms in total. The number of nitrogens with two attached hydrogens (primary N) is 1. The molecule has 0 aliphatic rings. The molecular weight excluding hydrogens is 516 g/mol. The molecule has 0 heterocycles. The van der Waals surface area contributed by atoms with Crippen LogP contribution < -0.4 is 21.7 Å². The molecule has 0 saturated carbocycles. The van der Waals surface area contributed by atoms with Crippen molar-refractivity contribution in [1.82, 2.24) is 16.0 Å². The van der Waals surface area contributed by atoms with Crippen molar-refractivity contribution in [2.24, 2.45) is 5.73 Å². The Hall–Kier alpha value is -3.83. The fourth-order valence-electron chi connectivity index (χ4n) is 3.44. The summed E-state index contributed by atoms with van der Waals surface area (Å²) in [4.78, 5) is 36.5. The number of rotatable bonds is 15. The molecule has 0 saturated heterocycles. The van der Waals surface area contributed by atoms with Gasteiger partial charge < -0.3 is 40.6 Å². The number of amides is 3. The zero-order valence-electron chi connectivity index (χ0n) is 23.5. The Morgan fingerprint density at radius 2 is 1.30 bits per heavy atom. The Labute approximate surface area is 236 Å². The zero-order valence-corrected chi connectivity index (χ0v) is 23.5. The van der Waals surface area contributed by atoms with Gasteiger partial charge in [-0.1, -0.05) is 60.7 Å². The molecule has 0 aliphatic heterocycles. The van der Waals surface area contributed by atoms with Crippen molar-refractivity contribution in [2.75, 3.05) is 26.3 Å². The molecule has 0 spiro atoms. The number of ether oxygens (including phenoxy) is 4. The highest BCUT2D eigenvalue weighted by Crippen LogP contribution is 2.08. The van der Waals surface area contributed by atoms with Gasteiger partial charge in [0.2, 0.25) is 0 Å². The molecule has 2 aromatic rings. The second-order valence-corrected chi connectivity index (χ2v) is 10.2. The van der Waals surface area contributed by atoms with E-state index >= 15 is 0 Å². The Bertz CT molecular complexity index is 1020. The minimum Gasteiger partial charge on any atom is -0.445 e. The number of hydrogen-bond donors (Lipinski definition) is 4. The van der Waals surface area contributed by atoms with Gasteiger partial charge in [-0.05, 0) is 44.7 Å². The first-order valence-corrected chi connectivity index (χ1v) is 13.3. The van der Waals surface area contributed by atoms with E-state index < -0.39 is 36.0 Å². The monoisotopic (exact) mass is 558 g/mol. The Kier molecular flexibility index (Phi) is 14.3. The van der Waals surface area contributed by atoms with E-state index in [0.29, 0.717) is 19.4 Å². The number of alkyl carbamates (subject to hydrolysis) is 3. The first kappa shape index (κ1) is 32.4. The number of carbonyl (C=O) groups is 3. The summed E-state index contributed by atoms with van der Waals surface area (Å²) in [6.45, 7) is 6.40. The number of benzene rings is 2. The summed E-state index contributed by atoms with van der Waals surface area (Å²) in [7, 11) is 0. The van der Waals surface area contributed by atoms with Crippen molar-refractivity contribution in [3.05, 3.63) is 71.8 Å². The first-order chi connectivity index (χ1) is 19.1. The van der Waals surface area contributed by atoms with Crippen LogP contribution in [0.25, 0.3) is 0 Å². The molecule has 0 radical (unpaired) electrons. The van der Waals surface area contributed by atoms with Crippen LogP contribution in [0.5, 0.6) is 0 Å². The van der Waals surface area contributed by atoms with E-state index in [1.165, 1.54) is 0 Å². The van der Waals surface area contributed by atoms with Gasteiger partial charge in [0.05, 0.1) is 25.3 Å². The Balaban J connectivity index is 1.75. The lowest BCUT2D eigenvalue weighted by molar-refractivity contribution is 0.0417. The lowest BCUT2D eigenvalue weighted by Crippen LogP contribution is -2.45. The SMILES string of the molecule is CC(C)(C)OC(=O)N[C@@H](CCCNC(=O)OCc1ccccc1)COC[C@@H](CN)NC(=O)OCc1ccccc1. The minimum atomic E-state index is -0.658. The number of hydrogen-bond acceptors (Lipinski definition) is 8. The quantitative estimate of drug-likeness (QED) is 0.190.